The van der Waals surface area contributed by atoms with Crippen LogP contribution in [0.5, 0.6) is 0 Å². The zero-order valence-electron chi connectivity index (χ0n) is 16.5. The fourth-order valence-corrected chi connectivity index (χ4v) is 6.29. The van der Waals surface area contributed by atoms with Crippen molar-refractivity contribution in [3.05, 3.63) is 35.0 Å². The van der Waals surface area contributed by atoms with Crippen molar-refractivity contribution in [1.29, 1.82) is 0 Å². The van der Waals surface area contributed by atoms with Gasteiger partial charge in [0.25, 0.3) is 0 Å². The number of fused-ring (bicyclic) bond motifs is 6. The summed E-state index contributed by atoms with van der Waals surface area (Å²) >= 11 is 0. The summed E-state index contributed by atoms with van der Waals surface area (Å²) in [6.07, 6.45) is 2.33. The van der Waals surface area contributed by atoms with Gasteiger partial charge in [0.05, 0.1) is 17.7 Å². The molecule has 28 heavy (non-hydrogen) atoms. The fourth-order valence-electron chi connectivity index (χ4n) is 6.29. The molecule has 2 aromatic rings. The molecule has 150 valence electrons. The maximum atomic E-state index is 12.0. The van der Waals surface area contributed by atoms with Gasteiger partial charge in [0.2, 0.25) is 0 Å². The van der Waals surface area contributed by atoms with Gasteiger partial charge in [-0.2, -0.15) is 0 Å². The minimum absolute atomic E-state index is 0.0729. The Morgan fingerprint density at radius 2 is 2.18 bits per heavy atom. The number of carboxylic acids is 1. The lowest BCUT2D eigenvalue weighted by Gasteiger charge is -2.57. The third-order valence-corrected chi connectivity index (χ3v) is 7.59. The Labute approximate surface area is 164 Å². The van der Waals surface area contributed by atoms with Crippen LogP contribution in [0, 0.1) is 24.7 Å². The van der Waals surface area contributed by atoms with Crippen molar-refractivity contribution in [2.75, 3.05) is 20.1 Å². The summed E-state index contributed by atoms with van der Waals surface area (Å²) in [5.74, 6) is -0.932. The minimum atomic E-state index is -0.767. The number of aliphatic carboxylic acids is 1. The van der Waals surface area contributed by atoms with E-state index in [4.69, 9.17) is 0 Å². The van der Waals surface area contributed by atoms with Gasteiger partial charge >= 0.3 is 5.97 Å². The van der Waals surface area contributed by atoms with Crippen LogP contribution in [0.3, 0.4) is 0 Å². The Hall–Kier alpha value is -1.89. The zero-order chi connectivity index (χ0) is 19.6. The number of carboxylic acid groups (broad SMARTS) is 1. The van der Waals surface area contributed by atoms with Crippen LogP contribution >= 0.6 is 0 Å². The van der Waals surface area contributed by atoms with Crippen molar-refractivity contribution >= 4 is 16.9 Å². The van der Waals surface area contributed by atoms with Gasteiger partial charge in [0.15, 0.2) is 0 Å². The van der Waals surface area contributed by atoms with Crippen LogP contribution in [-0.4, -0.2) is 52.3 Å². The Balaban J connectivity index is 1.62. The van der Waals surface area contributed by atoms with Crippen molar-refractivity contribution in [2.24, 2.45) is 17.8 Å². The summed E-state index contributed by atoms with van der Waals surface area (Å²) < 4.78 is 0. The van der Waals surface area contributed by atoms with E-state index in [0.717, 1.165) is 31.4 Å². The summed E-state index contributed by atoms with van der Waals surface area (Å²) in [5, 5.41) is 25.0. The number of H-pyrrole nitrogens is 1. The predicted molar refractivity (Wildman–Crippen MR) is 107 cm³/mol. The van der Waals surface area contributed by atoms with Crippen LogP contribution in [0.25, 0.3) is 10.9 Å². The van der Waals surface area contributed by atoms with Gasteiger partial charge in [-0.1, -0.05) is 12.1 Å². The molecule has 2 aliphatic heterocycles. The summed E-state index contributed by atoms with van der Waals surface area (Å²) in [4.78, 5) is 18.2. The number of nitrogens with zero attached hydrogens (tertiary/aromatic N) is 1. The molecule has 6 heteroatoms. The van der Waals surface area contributed by atoms with E-state index in [1.54, 1.807) is 0 Å². The zero-order valence-corrected chi connectivity index (χ0v) is 16.5. The van der Waals surface area contributed by atoms with Crippen LogP contribution < -0.4 is 5.32 Å². The van der Waals surface area contributed by atoms with Crippen molar-refractivity contribution in [1.82, 2.24) is 15.2 Å². The Morgan fingerprint density at radius 3 is 2.93 bits per heavy atom. The fraction of sp³-hybridized carbons (Fsp3) is 0.591. The van der Waals surface area contributed by atoms with Gasteiger partial charge in [-0.25, -0.2) is 0 Å². The number of nitrogens with one attached hydrogen (secondary N) is 2. The highest BCUT2D eigenvalue weighted by molar-refractivity contribution is 5.86. The Bertz CT molecular complexity index is 938. The first-order valence-electron chi connectivity index (χ1n) is 10.4. The molecule has 1 aromatic heterocycles. The van der Waals surface area contributed by atoms with E-state index in [9.17, 15) is 15.0 Å². The topological polar surface area (TPSA) is 88.6 Å². The molecule has 2 fully saturated rings. The first-order valence-corrected chi connectivity index (χ1v) is 10.4. The van der Waals surface area contributed by atoms with Crippen LogP contribution in [-0.2, 0) is 16.9 Å². The van der Waals surface area contributed by atoms with Gasteiger partial charge in [-0.3, -0.25) is 15.0 Å². The number of aromatic nitrogens is 1. The number of aliphatic hydroxyl groups excluding tert-OH is 1. The number of benzene rings is 1. The molecule has 0 radical (unpaired) electrons. The Kier molecular flexibility index (Phi) is 4.09. The van der Waals surface area contributed by atoms with Crippen LogP contribution in [0.1, 0.15) is 36.1 Å². The highest BCUT2D eigenvalue weighted by atomic mass is 16.4. The molecular weight excluding hydrogens is 354 g/mol. The lowest BCUT2D eigenvalue weighted by molar-refractivity contribution is -0.156. The molecule has 5 atom stereocenters. The van der Waals surface area contributed by atoms with E-state index in [2.05, 4.69) is 40.3 Å². The highest BCUT2D eigenvalue weighted by Crippen LogP contribution is 2.51. The number of rotatable bonds is 2. The van der Waals surface area contributed by atoms with E-state index < -0.39 is 18.0 Å². The number of aromatic amines is 1. The maximum absolute atomic E-state index is 12.0. The summed E-state index contributed by atoms with van der Waals surface area (Å²) in [5.41, 5.74) is 4.60. The molecule has 3 aliphatic rings. The van der Waals surface area contributed by atoms with Crippen LogP contribution in [0.4, 0.5) is 0 Å². The molecule has 1 saturated carbocycles. The molecule has 0 spiro atoms. The molecule has 0 bridgehead atoms. The predicted octanol–water partition coefficient (Wildman–Crippen LogP) is 2.20. The highest BCUT2D eigenvalue weighted by Gasteiger charge is 2.54. The number of aliphatic hydroxyl groups is 1. The minimum Gasteiger partial charge on any atom is -0.481 e. The number of carbonyl (C=O) groups is 1. The first kappa shape index (κ1) is 18.2. The van der Waals surface area contributed by atoms with Gasteiger partial charge in [-0.15, -0.1) is 0 Å². The molecule has 5 rings (SSSR count). The first-order chi connectivity index (χ1) is 13.4. The second-order valence-corrected chi connectivity index (χ2v) is 9.03. The molecule has 6 nitrogen and oxygen atoms in total. The van der Waals surface area contributed by atoms with Crippen molar-refractivity contribution < 1.29 is 15.0 Å². The van der Waals surface area contributed by atoms with E-state index >= 15 is 0 Å². The Morgan fingerprint density at radius 1 is 1.36 bits per heavy atom. The largest absolute Gasteiger partial charge is 0.481 e. The second kappa shape index (κ2) is 6.31. The molecule has 3 heterocycles. The molecular formula is C22H29N3O3. The molecule has 0 amide bonds. The molecule has 4 N–H and O–H groups in total. The smallest absolute Gasteiger partial charge is 0.306 e. The molecule has 0 unspecified atom stereocenters. The average Bonchev–Trinajstić information content (AvgIpc) is 3.04. The van der Waals surface area contributed by atoms with E-state index in [1.807, 2.05) is 7.05 Å². The van der Waals surface area contributed by atoms with Gasteiger partial charge in [0.1, 0.15) is 5.66 Å². The molecule has 1 aliphatic carbocycles. The standard InChI is InChI=1S/C22H29N3O3/c1-12-3-4-15-16-5-6-25-11-13-8-14(26)9-17(21(27)28)18(13)10-22(25,23-2)20(16)24-19(15)7-12/h3-4,7,13-14,17-18,23-24,26H,5-6,8-11H2,1-2H3,(H,27,28)/t13-,14-,17-,18+,22-/m1/s1. The average molecular weight is 383 g/mol. The summed E-state index contributed by atoms with van der Waals surface area (Å²) in [6.45, 7) is 3.89. The monoisotopic (exact) mass is 383 g/mol. The number of piperidine rings is 1. The number of hydrogen-bond donors (Lipinski definition) is 4. The van der Waals surface area contributed by atoms with Gasteiger partial charge < -0.3 is 15.2 Å². The molecule has 1 aromatic carbocycles. The van der Waals surface area contributed by atoms with E-state index in [1.165, 1.54) is 22.2 Å². The maximum Gasteiger partial charge on any atom is 0.306 e. The summed E-state index contributed by atoms with van der Waals surface area (Å²) in [6, 6.07) is 6.57. The SMILES string of the molecule is CN[C@]12C[C@H]3[C@H](C[C@@H](O)C[C@H]3C(=O)O)CN1CCc1c2[nH]c2cc(C)ccc12. The third kappa shape index (κ3) is 2.48. The van der Waals surface area contributed by atoms with E-state index in [0.29, 0.717) is 12.8 Å². The number of hydrogen-bond acceptors (Lipinski definition) is 4. The number of aryl methyl sites for hydroxylation is 1. The van der Waals surface area contributed by atoms with E-state index in [-0.39, 0.29) is 17.5 Å². The normalized spacial score (nSPS) is 35.2. The van der Waals surface area contributed by atoms with Crippen LogP contribution in [0.15, 0.2) is 18.2 Å². The summed E-state index contributed by atoms with van der Waals surface area (Å²) in [7, 11) is 1.99. The lowest BCUT2D eigenvalue weighted by atomic mass is 9.63. The van der Waals surface area contributed by atoms with Crippen molar-refractivity contribution in [3.63, 3.8) is 0 Å². The molecule has 1 saturated heterocycles. The van der Waals surface area contributed by atoms with Crippen LogP contribution in [0.2, 0.25) is 0 Å². The van der Waals surface area contributed by atoms with Crippen molar-refractivity contribution in [3.8, 4) is 0 Å². The van der Waals surface area contributed by atoms with Gasteiger partial charge in [-0.05, 0) is 68.7 Å². The van der Waals surface area contributed by atoms with Gasteiger partial charge in [0, 0.05) is 24.0 Å². The quantitative estimate of drug-likeness (QED) is 0.639. The van der Waals surface area contributed by atoms with Crippen molar-refractivity contribution in [2.45, 2.75) is 44.4 Å². The third-order valence-electron chi connectivity index (χ3n) is 7.59. The second-order valence-electron chi connectivity index (χ2n) is 9.03. The lowest BCUT2D eigenvalue weighted by Crippen LogP contribution is -2.65.